The Morgan fingerprint density at radius 1 is 1.42 bits per heavy atom. The maximum Gasteiger partial charge on any atom is 0.317 e. The monoisotopic (exact) mass is 262 g/mol. The maximum absolute atomic E-state index is 11.0. The molecule has 0 unspecified atom stereocenters. The lowest BCUT2D eigenvalue weighted by Crippen LogP contribution is -2.11. The summed E-state index contributed by atoms with van der Waals surface area (Å²) in [5.74, 6) is 3.71. The van der Waals surface area contributed by atoms with E-state index < -0.39 is 16.8 Å². The van der Waals surface area contributed by atoms with E-state index in [-0.39, 0.29) is 23.2 Å². The van der Waals surface area contributed by atoms with E-state index >= 15 is 0 Å². The van der Waals surface area contributed by atoms with Crippen LogP contribution in [-0.4, -0.2) is 23.9 Å². The number of nitrogens with two attached hydrogens (primary N) is 1. The first-order valence-corrected chi connectivity index (χ1v) is 5.09. The van der Waals surface area contributed by atoms with Crippen molar-refractivity contribution < 1.29 is 19.2 Å². The number of carbonyl (C=O) groups is 2. The molecule has 7 heteroatoms. The summed E-state index contributed by atoms with van der Waals surface area (Å²) in [6.07, 6.45) is -0.148. The minimum absolute atomic E-state index is 0.0171. The smallest absolute Gasteiger partial charge is 0.317 e. The molecule has 0 aliphatic carbocycles. The quantitative estimate of drug-likeness (QED) is 0.371. The molecule has 0 saturated heterocycles. The zero-order chi connectivity index (χ0) is 14.4. The fraction of sp³-hybridized carbons (Fsp3) is 0.167. The number of rotatable bonds is 3. The molecule has 0 saturated carbocycles. The van der Waals surface area contributed by atoms with E-state index in [9.17, 15) is 19.7 Å². The van der Waals surface area contributed by atoms with Crippen molar-refractivity contribution in [3.63, 3.8) is 0 Å². The molecule has 7 nitrogen and oxygen atoms in total. The number of benzene rings is 1. The molecule has 0 aliphatic heterocycles. The van der Waals surface area contributed by atoms with E-state index in [1.165, 1.54) is 19.2 Å². The van der Waals surface area contributed by atoms with Crippen LogP contribution in [0.3, 0.4) is 0 Å². The maximum atomic E-state index is 11.0. The highest BCUT2D eigenvalue weighted by molar-refractivity contribution is 5.93. The van der Waals surface area contributed by atoms with Gasteiger partial charge in [-0.1, -0.05) is 11.8 Å². The summed E-state index contributed by atoms with van der Waals surface area (Å²) in [7, 11) is 1.22. The molecule has 0 aromatic heterocycles. The number of primary amides is 1. The van der Waals surface area contributed by atoms with Gasteiger partial charge in [0.15, 0.2) is 0 Å². The molecular formula is C12H10N2O5. The van der Waals surface area contributed by atoms with Crippen LogP contribution in [0.25, 0.3) is 0 Å². The van der Waals surface area contributed by atoms with E-state index in [0.717, 1.165) is 6.07 Å². The van der Waals surface area contributed by atoms with Crippen LogP contribution < -0.4 is 5.73 Å². The molecule has 1 aromatic rings. The molecule has 98 valence electrons. The fourth-order valence-corrected chi connectivity index (χ4v) is 1.22. The molecule has 0 bridgehead atoms. The summed E-state index contributed by atoms with van der Waals surface area (Å²) in [6.45, 7) is 0. The van der Waals surface area contributed by atoms with Gasteiger partial charge in [-0.05, 0) is 6.07 Å². The lowest BCUT2D eigenvalue weighted by Gasteiger charge is -1.98. The second-order valence-electron chi connectivity index (χ2n) is 3.44. The molecule has 0 spiro atoms. The third-order valence-electron chi connectivity index (χ3n) is 2.11. The molecule has 0 fully saturated rings. The Morgan fingerprint density at radius 2 is 2.11 bits per heavy atom. The minimum atomic E-state index is -0.792. The second-order valence-corrected chi connectivity index (χ2v) is 3.44. The van der Waals surface area contributed by atoms with Crippen molar-refractivity contribution in [2.24, 2.45) is 5.73 Å². The lowest BCUT2D eigenvalue weighted by molar-refractivity contribution is -0.384. The molecule has 19 heavy (non-hydrogen) atoms. The van der Waals surface area contributed by atoms with E-state index in [0.29, 0.717) is 0 Å². The van der Waals surface area contributed by atoms with Gasteiger partial charge >= 0.3 is 5.97 Å². The molecule has 0 aliphatic rings. The Hall–Kier alpha value is -2.88. The zero-order valence-corrected chi connectivity index (χ0v) is 10.0. The topological polar surface area (TPSA) is 113 Å². The van der Waals surface area contributed by atoms with E-state index in [1.54, 1.807) is 0 Å². The molecule has 0 heterocycles. The van der Waals surface area contributed by atoms with Crippen molar-refractivity contribution in [2.45, 2.75) is 6.42 Å². The molecule has 1 amide bonds. The van der Waals surface area contributed by atoms with Gasteiger partial charge in [-0.3, -0.25) is 19.7 Å². The largest absolute Gasteiger partial charge is 0.468 e. The lowest BCUT2D eigenvalue weighted by atomic mass is 10.1. The summed E-state index contributed by atoms with van der Waals surface area (Å²) in [4.78, 5) is 31.9. The first kappa shape index (κ1) is 14.2. The SMILES string of the molecule is COC(=O)CC#Cc1cc(C(N)=O)cc([N+](=O)[O-])c1. The fourth-order valence-electron chi connectivity index (χ4n) is 1.22. The number of hydrogen-bond donors (Lipinski definition) is 1. The molecule has 0 atom stereocenters. The molecular weight excluding hydrogens is 252 g/mol. The number of hydrogen-bond acceptors (Lipinski definition) is 5. The van der Waals surface area contributed by atoms with Crippen molar-refractivity contribution in [3.05, 3.63) is 39.4 Å². The third kappa shape index (κ3) is 4.12. The van der Waals surface area contributed by atoms with Gasteiger partial charge in [0.05, 0.1) is 12.0 Å². The van der Waals surface area contributed by atoms with Gasteiger partial charge in [-0.15, -0.1) is 0 Å². The zero-order valence-electron chi connectivity index (χ0n) is 10.0. The van der Waals surface area contributed by atoms with Crippen LogP contribution in [0.2, 0.25) is 0 Å². The van der Waals surface area contributed by atoms with Gasteiger partial charge in [-0.2, -0.15) is 0 Å². The van der Waals surface area contributed by atoms with Crippen molar-refractivity contribution in [2.75, 3.05) is 7.11 Å². The standard InChI is InChI=1S/C12H10N2O5/c1-19-11(15)4-2-3-8-5-9(12(13)16)7-10(6-8)14(17)18/h5-7H,4H2,1H3,(H2,13,16). The Bertz CT molecular complexity index is 566. The average molecular weight is 262 g/mol. The van der Waals surface area contributed by atoms with Gasteiger partial charge in [0, 0.05) is 23.3 Å². The molecule has 1 aromatic carbocycles. The van der Waals surface area contributed by atoms with E-state index in [4.69, 9.17) is 5.73 Å². The first-order valence-electron chi connectivity index (χ1n) is 5.09. The van der Waals surface area contributed by atoms with E-state index in [2.05, 4.69) is 16.6 Å². The van der Waals surface area contributed by atoms with Gasteiger partial charge in [0.1, 0.15) is 6.42 Å². The summed E-state index contributed by atoms with van der Waals surface area (Å²) in [6, 6.07) is 3.57. The highest BCUT2D eigenvalue weighted by Crippen LogP contribution is 2.16. The van der Waals surface area contributed by atoms with Crippen molar-refractivity contribution >= 4 is 17.6 Å². The Morgan fingerprint density at radius 3 is 2.63 bits per heavy atom. The second kappa shape index (κ2) is 6.16. The predicted molar refractivity (Wildman–Crippen MR) is 65.1 cm³/mol. The number of methoxy groups -OCH3 is 1. The summed E-state index contributed by atoms with van der Waals surface area (Å²) < 4.78 is 4.39. The summed E-state index contributed by atoms with van der Waals surface area (Å²) in [5.41, 5.74) is 4.98. The van der Waals surface area contributed by atoms with Crippen LogP contribution in [-0.2, 0) is 9.53 Å². The molecule has 2 N–H and O–H groups in total. The summed E-state index contributed by atoms with van der Waals surface area (Å²) in [5, 5.41) is 10.7. The number of nitro groups is 1. The van der Waals surface area contributed by atoms with Crippen molar-refractivity contribution in [1.82, 2.24) is 0 Å². The van der Waals surface area contributed by atoms with Gasteiger partial charge in [-0.25, -0.2) is 0 Å². The van der Waals surface area contributed by atoms with Crippen LogP contribution >= 0.6 is 0 Å². The van der Waals surface area contributed by atoms with Gasteiger partial charge in [0.25, 0.3) is 5.69 Å². The molecule has 0 radical (unpaired) electrons. The minimum Gasteiger partial charge on any atom is -0.468 e. The number of carbonyl (C=O) groups excluding carboxylic acids is 2. The molecule has 1 rings (SSSR count). The number of nitrogens with zero attached hydrogens (tertiary/aromatic N) is 1. The Kier molecular flexibility index (Phi) is 4.60. The number of ether oxygens (including phenoxy) is 1. The first-order chi connectivity index (χ1) is 8.93. The number of esters is 1. The summed E-state index contributed by atoms with van der Waals surface area (Å²) >= 11 is 0. The van der Waals surface area contributed by atoms with Crippen molar-refractivity contribution in [3.8, 4) is 11.8 Å². The van der Waals surface area contributed by atoms with Crippen LogP contribution in [0.4, 0.5) is 5.69 Å². The average Bonchev–Trinajstić information content (AvgIpc) is 2.38. The normalized spacial score (nSPS) is 9.11. The van der Waals surface area contributed by atoms with Gasteiger partial charge in [0.2, 0.25) is 5.91 Å². The number of amides is 1. The highest BCUT2D eigenvalue weighted by Gasteiger charge is 2.11. The highest BCUT2D eigenvalue weighted by atomic mass is 16.6. The Labute approximate surface area is 108 Å². The van der Waals surface area contributed by atoms with Gasteiger partial charge < -0.3 is 10.5 Å². The van der Waals surface area contributed by atoms with Crippen molar-refractivity contribution in [1.29, 1.82) is 0 Å². The predicted octanol–water partition coefficient (Wildman–Crippen LogP) is 0.608. The van der Waals surface area contributed by atoms with Crippen LogP contribution in [0, 0.1) is 22.0 Å². The Balaban J connectivity index is 3.09. The number of non-ortho nitro benzene ring substituents is 1. The van der Waals surface area contributed by atoms with E-state index in [1.807, 2.05) is 0 Å². The number of nitro benzene ring substituents is 1. The van der Waals surface area contributed by atoms with Crippen LogP contribution in [0.1, 0.15) is 22.3 Å². The van der Waals surface area contributed by atoms with Crippen LogP contribution in [0.5, 0.6) is 0 Å². The third-order valence-corrected chi connectivity index (χ3v) is 2.11. The van der Waals surface area contributed by atoms with Crippen LogP contribution in [0.15, 0.2) is 18.2 Å².